The summed E-state index contributed by atoms with van der Waals surface area (Å²) in [6.45, 7) is 0. The van der Waals surface area contributed by atoms with Crippen LogP contribution in [-0.4, -0.2) is 17.1 Å². The summed E-state index contributed by atoms with van der Waals surface area (Å²) in [7, 11) is 0. The van der Waals surface area contributed by atoms with Crippen LogP contribution in [0.5, 0.6) is 0 Å². The quantitative estimate of drug-likeness (QED) is 0.784. The SMILES string of the molecule is O=C(O)CC1=CC=CC2=C3CCCCC3NC2=C1. The van der Waals surface area contributed by atoms with Gasteiger partial charge in [-0.15, -0.1) is 0 Å². The first-order valence-electron chi connectivity index (χ1n) is 6.55. The van der Waals surface area contributed by atoms with E-state index in [1.165, 1.54) is 36.8 Å². The van der Waals surface area contributed by atoms with Gasteiger partial charge in [-0.2, -0.15) is 0 Å². The highest BCUT2D eigenvalue weighted by atomic mass is 16.4. The third-order valence-corrected chi connectivity index (χ3v) is 3.83. The molecule has 0 aromatic rings. The smallest absolute Gasteiger partial charge is 0.307 e. The number of aliphatic carboxylic acids is 1. The minimum atomic E-state index is -0.780. The minimum Gasteiger partial charge on any atom is -0.481 e. The van der Waals surface area contributed by atoms with Gasteiger partial charge in [0.1, 0.15) is 0 Å². The van der Waals surface area contributed by atoms with Crippen LogP contribution >= 0.6 is 0 Å². The highest BCUT2D eigenvalue weighted by Crippen LogP contribution is 2.36. The van der Waals surface area contributed by atoms with Crippen LogP contribution < -0.4 is 5.32 Å². The number of hydrogen-bond acceptors (Lipinski definition) is 2. The fourth-order valence-corrected chi connectivity index (χ4v) is 3.03. The van der Waals surface area contributed by atoms with Crippen LogP contribution in [-0.2, 0) is 4.79 Å². The van der Waals surface area contributed by atoms with E-state index < -0.39 is 5.97 Å². The molecular weight excluding hydrogens is 226 g/mol. The van der Waals surface area contributed by atoms with Crippen LogP contribution in [0.4, 0.5) is 0 Å². The lowest BCUT2D eigenvalue weighted by molar-refractivity contribution is -0.136. The van der Waals surface area contributed by atoms with E-state index in [2.05, 4.69) is 11.4 Å². The average Bonchev–Trinajstić information content (AvgIpc) is 2.55. The van der Waals surface area contributed by atoms with E-state index in [0.717, 1.165) is 11.3 Å². The van der Waals surface area contributed by atoms with Gasteiger partial charge in [-0.1, -0.05) is 24.6 Å². The van der Waals surface area contributed by atoms with Crippen molar-refractivity contribution in [3.63, 3.8) is 0 Å². The lowest BCUT2D eigenvalue weighted by Gasteiger charge is -2.21. The van der Waals surface area contributed by atoms with Gasteiger partial charge in [0.05, 0.1) is 6.42 Å². The zero-order chi connectivity index (χ0) is 12.5. The number of carboxylic acids is 1. The van der Waals surface area contributed by atoms with E-state index in [-0.39, 0.29) is 6.42 Å². The minimum absolute atomic E-state index is 0.0861. The molecule has 1 fully saturated rings. The molecule has 3 heteroatoms. The molecule has 3 nitrogen and oxygen atoms in total. The van der Waals surface area contributed by atoms with Crippen LogP contribution in [0.3, 0.4) is 0 Å². The Labute approximate surface area is 107 Å². The summed E-state index contributed by atoms with van der Waals surface area (Å²) < 4.78 is 0. The topological polar surface area (TPSA) is 49.3 Å². The zero-order valence-corrected chi connectivity index (χ0v) is 10.3. The molecule has 0 bridgehead atoms. The van der Waals surface area contributed by atoms with Gasteiger partial charge in [0.2, 0.25) is 0 Å². The summed E-state index contributed by atoms with van der Waals surface area (Å²) in [5.41, 5.74) is 4.76. The fourth-order valence-electron chi connectivity index (χ4n) is 3.03. The van der Waals surface area contributed by atoms with Gasteiger partial charge in [-0.25, -0.2) is 0 Å². The first kappa shape index (κ1) is 11.3. The Hall–Kier alpha value is -1.77. The molecule has 0 amide bonds. The number of carboxylic acid groups (broad SMARTS) is 1. The monoisotopic (exact) mass is 243 g/mol. The van der Waals surface area contributed by atoms with E-state index in [4.69, 9.17) is 5.11 Å². The number of allylic oxidation sites excluding steroid dienone is 4. The van der Waals surface area contributed by atoms with Crippen LogP contribution in [0.1, 0.15) is 32.1 Å². The molecule has 0 aromatic heterocycles. The van der Waals surface area contributed by atoms with Gasteiger partial charge in [-0.05, 0) is 42.1 Å². The first-order chi connectivity index (χ1) is 8.74. The number of rotatable bonds is 2. The van der Waals surface area contributed by atoms with Crippen molar-refractivity contribution in [3.05, 3.63) is 46.7 Å². The van der Waals surface area contributed by atoms with E-state index in [9.17, 15) is 4.79 Å². The molecule has 1 heterocycles. The maximum Gasteiger partial charge on any atom is 0.307 e. The van der Waals surface area contributed by atoms with Crippen LogP contribution in [0.15, 0.2) is 46.7 Å². The van der Waals surface area contributed by atoms with Gasteiger partial charge in [0.15, 0.2) is 0 Å². The predicted molar refractivity (Wildman–Crippen MR) is 70.0 cm³/mol. The Morgan fingerprint density at radius 3 is 3.17 bits per heavy atom. The average molecular weight is 243 g/mol. The summed E-state index contributed by atoms with van der Waals surface area (Å²) in [6, 6.07) is 0.480. The molecule has 0 aromatic carbocycles. The molecule has 0 saturated heterocycles. The Kier molecular flexibility index (Phi) is 2.82. The third kappa shape index (κ3) is 2.01. The van der Waals surface area contributed by atoms with Gasteiger partial charge >= 0.3 is 5.97 Å². The fraction of sp³-hybridized carbons (Fsp3) is 0.400. The standard InChI is InChI=1S/C15H17NO2/c17-15(18)9-10-4-3-6-12-11-5-1-2-7-13(11)16-14(12)8-10/h3-4,6,8,13,16H,1-2,5,7,9H2,(H,17,18). The molecule has 2 N–H and O–H groups in total. The number of fused-ring (bicyclic) bond motifs is 2. The Bertz CT molecular complexity index is 509. The number of carbonyl (C=O) groups is 1. The molecular formula is C15H17NO2. The first-order valence-corrected chi connectivity index (χ1v) is 6.55. The Morgan fingerprint density at radius 1 is 1.44 bits per heavy atom. The summed E-state index contributed by atoms with van der Waals surface area (Å²) in [5.74, 6) is -0.780. The second-order valence-corrected chi connectivity index (χ2v) is 5.11. The van der Waals surface area contributed by atoms with E-state index in [1.54, 1.807) is 0 Å². The molecule has 1 atom stereocenters. The Balaban J connectivity index is 1.93. The van der Waals surface area contributed by atoms with Crippen molar-refractivity contribution in [1.82, 2.24) is 5.32 Å². The molecule has 2 aliphatic carbocycles. The van der Waals surface area contributed by atoms with Gasteiger partial charge in [0.25, 0.3) is 0 Å². The molecule has 3 rings (SSSR count). The van der Waals surface area contributed by atoms with Gasteiger partial charge < -0.3 is 10.4 Å². The Morgan fingerprint density at radius 2 is 2.33 bits per heavy atom. The van der Waals surface area contributed by atoms with Crippen molar-refractivity contribution >= 4 is 5.97 Å². The van der Waals surface area contributed by atoms with Crippen molar-refractivity contribution in [2.75, 3.05) is 0 Å². The van der Waals surface area contributed by atoms with Crippen molar-refractivity contribution in [1.29, 1.82) is 0 Å². The molecule has 0 radical (unpaired) electrons. The summed E-state index contributed by atoms with van der Waals surface area (Å²) >= 11 is 0. The number of hydrogen-bond donors (Lipinski definition) is 2. The normalized spacial score (nSPS) is 25.7. The highest BCUT2D eigenvalue weighted by Gasteiger charge is 2.29. The molecule has 1 saturated carbocycles. The van der Waals surface area contributed by atoms with Crippen LogP contribution in [0, 0.1) is 0 Å². The lowest BCUT2D eigenvalue weighted by Crippen LogP contribution is -2.26. The largest absolute Gasteiger partial charge is 0.481 e. The lowest BCUT2D eigenvalue weighted by atomic mass is 9.89. The molecule has 1 unspecified atom stereocenters. The van der Waals surface area contributed by atoms with Crippen molar-refractivity contribution in [2.45, 2.75) is 38.1 Å². The summed E-state index contributed by atoms with van der Waals surface area (Å²) in [6.07, 6.45) is 13.0. The molecule has 0 spiro atoms. The van der Waals surface area contributed by atoms with Crippen molar-refractivity contribution in [2.24, 2.45) is 0 Å². The molecule has 3 aliphatic rings. The highest BCUT2D eigenvalue weighted by molar-refractivity contribution is 5.72. The molecule has 1 aliphatic heterocycles. The van der Waals surface area contributed by atoms with E-state index in [0.29, 0.717) is 6.04 Å². The van der Waals surface area contributed by atoms with Gasteiger partial charge in [-0.3, -0.25) is 4.79 Å². The predicted octanol–water partition coefficient (Wildman–Crippen LogP) is 2.68. The van der Waals surface area contributed by atoms with Crippen LogP contribution in [0.25, 0.3) is 0 Å². The van der Waals surface area contributed by atoms with Crippen molar-refractivity contribution < 1.29 is 9.90 Å². The maximum atomic E-state index is 10.8. The summed E-state index contributed by atoms with van der Waals surface area (Å²) in [5, 5.41) is 12.4. The zero-order valence-electron chi connectivity index (χ0n) is 10.3. The molecule has 94 valence electrons. The number of nitrogens with one attached hydrogen (secondary N) is 1. The van der Waals surface area contributed by atoms with E-state index >= 15 is 0 Å². The maximum absolute atomic E-state index is 10.8. The second kappa shape index (κ2) is 4.48. The van der Waals surface area contributed by atoms with Gasteiger partial charge in [0, 0.05) is 11.7 Å². The van der Waals surface area contributed by atoms with Crippen molar-refractivity contribution in [3.8, 4) is 0 Å². The third-order valence-electron chi connectivity index (χ3n) is 3.83. The molecule has 18 heavy (non-hydrogen) atoms. The second-order valence-electron chi connectivity index (χ2n) is 5.11. The van der Waals surface area contributed by atoms with Crippen LogP contribution in [0.2, 0.25) is 0 Å². The van der Waals surface area contributed by atoms with E-state index in [1.807, 2.05) is 18.2 Å². The summed E-state index contributed by atoms with van der Waals surface area (Å²) in [4.78, 5) is 10.8.